The first kappa shape index (κ1) is 21.2. The summed E-state index contributed by atoms with van der Waals surface area (Å²) in [6.07, 6.45) is 0.822. The number of nitrogens with zero attached hydrogens (tertiary/aromatic N) is 1. The topological polar surface area (TPSA) is 61.4 Å². The molecule has 2 N–H and O–H groups in total. The Morgan fingerprint density at radius 3 is 2.15 bits per heavy atom. The van der Waals surface area contributed by atoms with Crippen LogP contribution in [0.2, 0.25) is 10.0 Å². The van der Waals surface area contributed by atoms with Gasteiger partial charge in [-0.2, -0.15) is 0 Å². The van der Waals surface area contributed by atoms with Crippen LogP contribution >= 0.6 is 23.2 Å². The Hall–Kier alpha value is -2.08. The molecule has 2 aromatic rings. The molecule has 0 spiro atoms. The highest BCUT2D eigenvalue weighted by Crippen LogP contribution is 2.29. The minimum absolute atomic E-state index is 0.0812. The monoisotopic (exact) mass is 407 g/mol. The van der Waals surface area contributed by atoms with E-state index in [1.165, 1.54) is 0 Å². The van der Waals surface area contributed by atoms with Crippen molar-refractivity contribution >= 4 is 46.4 Å². The van der Waals surface area contributed by atoms with Crippen LogP contribution in [0.25, 0.3) is 0 Å². The van der Waals surface area contributed by atoms with Crippen LogP contribution < -0.4 is 10.6 Å². The second kappa shape index (κ2) is 10.3. The Morgan fingerprint density at radius 1 is 0.926 bits per heavy atom. The molecular weight excluding hydrogens is 385 g/mol. The SMILES string of the molecule is CCCN(CC(=O)Nc1ccccc1C)CC(=O)Nc1cccc(Cl)c1Cl. The molecule has 0 aromatic heterocycles. The highest BCUT2D eigenvalue weighted by molar-refractivity contribution is 6.44. The van der Waals surface area contributed by atoms with E-state index in [1.807, 2.05) is 38.1 Å². The van der Waals surface area contributed by atoms with E-state index >= 15 is 0 Å². The predicted octanol–water partition coefficient (Wildman–Crippen LogP) is 4.59. The highest BCUT2D eigenvalue weighted by atomic mass is 35.5. The van der Waals surface area contributed by atoms with Gasteiger partial charge in [0.15, 0.2) is 0 Å². The Bertz CT molecular complexity index is 812. The first-order valence-electron chi connectivity index (χ1n) is 8.72. The molecule has 0 fully saturated rings. The average Bonchev–Trinajstić information content (AvgIpc) is 2.61. The molecule has 144 valence electrons. The molecule has 0 aliphatic carbocycles. The lowest BCUT2D eigenvalue weighted by atomic mass is 10.2. The van der Waals surface area contributed by atoms with Gasteiger partial charge >= 0.3 is 0 Å². The molecule has 0 aliphatic rings. The summed E-state index contributed by atoms with van der Waals surface area (Å²) in [5, 5.41) is 6.30. The lowest BCUT2D eigenvalue weighted by Crippen LogP contribution is -2.39. The van der Waals surface area contributed by atoms with Crippen LogP contribution in [0.1, 0.15) is 18.9 Å². The molecule has 7 heteroatoms. The normalized spacial score (nSPS) is 10.7. The zero-order valence-electron chi connectivity index (χ0n) is 15.4. The van der Waals surface area contributed by atoms with Gasteiger partial charge in [0.25, 0.3) is 0 Å². The number of carbonyl (C=O) groups is 2. The quantitative estimate of drug-likeness (QED) is 0.672. The molecule has 0 bridgehead atoms. The third-order valence-corrected chi connectivity index (χ3v) is 4.74. The van der Waals surface area contributed by atoms with Crippen molar-refractivity contribution < 1.29 is 9.59 Å². The van der Waals surface area contributed by atoms with E-state index < -0.39 is 0 Å². The second-order valence-corrected chi connectivity index (χ2v) is 7.01. The Labute approximate surface area is 169 Å². The van der Waals surface area contributed by atoms with E-state index in [2.05, 4.69) is 10.6 Å². The molecule has 2 aromatic carbocycles. The van der Waals surface area contributed by atoms with Crippen molar-refractivity contribution in [1.82, 2.24) is 4.90 Å². The number of hydrogen-bond acceptors (Lipinski definition) is 3. The van der Waals surface area contributed by atoms with E-state index in [1.54, 1.807) is 23.1 Å². The van der Waals surface area contributed by atoms with E-state index in [4.69, 9.17) is 23.2 Å². The fourth-order valence-electron chi connectivity index (χ4n) is 2.63. The average molecular weight is 408 g/mol. The summed E-state index contributed by atoms with van der Waals surface area (Å²) in [4.78, 5) is 26.5. The van der Waals surface area contributed by atoms with Gasteiger partial charge in [0.1, 0.15) is 0 Å². The van der Waals surface area contributed by atoms with E-state index in [0.717, 1.165) is 17.7 Å². The maximum absolute atomic E-state index is 12.4. The van der Waals surface area contributed by atoms with Crippen molar-refractivity contribution in [2.75, 3.05) is 30.3 Å². The standard InChI is InChI=1S/C20H23Cl2N3O2/c1-3-11-25(12-18(26)23-16-9-5-4-7-14(16)2)13-19(27)24-17-10-6-8-15(21)20(17)22/h4-10H,3,11-13H2,1-2H3,(H,23,26)(H,24,27). The van der Waals surface area contributed by atoms with Crippen molar-refractivity contribution in [3.8, 4) is 0 Å². The Morgan fingerprint density at radius 2 is 1.52 bits per heavy atom. The molecule has 27 heavy (non-hydrogen) atoms. The first-order chi connectivity index (χ1) is 12.9. The molecule has 2 amide bonds. The Kier molecular flexibility index (Phi) is 8.10. The zero-order chi connectivity index (χ0) is 19.8. The molecule has 5 nitrogen and oxygen atoms in total. The molecular formula is C20H23Cl2N3O2. The number of benzene rings is 2. The van der Waals surface area contributed by atoms with Gasteiger partial charge in [0.05, 0.1) is 28.8 Å². The minimum Gasteiger partial charge on any atom is -0.325 e. The van der Waals surface area contributed by atoms with Crippen LogP contribution in [-0.2, 0) is 9.59 Å². The van der Waals surface area contributed by atoms with Crippen LogP contribution in [0.3, 0.4) is 0 Å². The van der Waals surface area contributed by atoms with Crippen LogP contribution in [-0.4, -0.2) is 36.3 Å². The number of hydrogen-bond donors (Lipinski definition) is 2. The largest absolute Gasteiger partial charge is 0.325 e. The third-order valence-electron chi connectivity index (χ3n) is 3.92. The van der Waals surface area contributed by atoms with Crippen molar-refractivity contribution in [2.24, 2.45) is 0 Å². The van der Waals surface area contributed by atoms with Gasteiger partial charge in [0.2, 0.25) is 11.8 Å². The maximum Gasteiger partial charge on any atom is 0.238 e. The van der Waals surface area contributed by atoms with Crippen molar-refractivity contribution in [3.05, 3.63) is 58.1 Å². The van der Waals surface area contributed by atoms with Gasteiger partial charge in [-0.05, 0) is 43.7 Å². The molecule has 0 unspecified atom stereocenters. The van der Waals surface area contributed by atoms with Gasteiger partial charge in [-0.3, -0.25) is 14.5 Å². The van der Waals surface area contributed by atoms with E-state index in [-0.39, 0.29) is 24.9 Å². The summed E-state index contributed by atoms with van der Waals surface area (Å²) >= 11 is 12.1. The highest BCUT2D eigenvalue weighted by Gasteiger charge is 2.16. The Balaban J connectivity index is 1.96. The smallest absolute Gasteiger partial charge is 0.238 e. The molecule has 0 saturated heterocycles. The predicted molar refractivity (Wildman–Crippen MR) is 112 cm³/mol. The summed E-state index contributed by atoms with van der Waals surface area (Å²) in [6.45, 7) is 4.76. The number of amides is 2. The number of carbonyl (C=O) groups excluding carboxylic acids is 2. The first-order valence-corrected chi connectivity index (χ1v) is 9.48. The third kappa shape index (κ3) is 6.54. The van der Waals surface area contributed by atoms with Crippen LogP contribution in [0.4, 0.5) is 11.4 Å². The van der Waals surface area contributed by atoms with Gasteiger partial charge in [-0.1, -0.05) is 54.4 Å². The van der Waals surface area contributed by atoms with Gasteiger partial charge in [-0.15, -0.1) is 0 Å². The van der Waals surface area contributed by atoms with Crippen molar-refractivity contribution in [3.63, 3.8) is 0 Å². The van der Waals surface area contributed by atoms with Gasteiger partial charge < -0.3 is 10.6 Å². The summed E-state index contributed by atoms with van der Waals surface area (Å²) < 4.78 is 0. The van der Waals surface area contributed by atoms with Crippen LogP contribution in [0.5, 0.6) is 0 Å². The molecule has 0 radical (unpaired) electrons. The second-order valence-electron chi connectivity index (χ2n) is 6.22. The van der Waals surface area contributed by atoms with Crippen molar-refractivity contribution in [2.45, 2.75) is 20.3 Å². The molecule has 0 atom stereocenters. The lowest BCUT2D eigenvalue weighted by Gasteiger charge is -2.21. The molecule has 0 heterocycles. The lowest BCUT2D eigenvalue weighted by molar-refractivity contribution is -0.120. The number of aryl methyl sites for hydroxylation is 1. The summed E-state index contributed by atoms with van der Waals surface area (Å²) in [7, 11) is 0. The maximum atomic E-state index is 12.4. The van der Waals surface area contributed by atoms with E-state index in [9.17, 15) is 9.59 Å². The number of anilines is 2. The summed E-state index contributed by atoms with van der Waals surface area (Å²) in [5.41, 5.74) is 2.21. The molecule has 0 aliphatic heterocycles. The summed E-state index contributed by atoms with van der Waals surface area (Å²) in [5.74, 6) is -0.414. The van der Waals surface area contributed by atoms with E-state index in [0.29, 0.717) is 22.3 Å². The fourth-order valence-corrected chi connectivity index (χ4v) is 2.98. The minimum atomic E-state index is -0.253. The number of halogens is 2. The van der Waals surface area contributed by atoms with Gasteiger partial charge in [-0.25, -0.2) is 0 Å². The summed E-state index contributed by atoms with van der Waals surface area (Å²) in [6, 6.07) is 12.6. The van der Waals surface area contributed by atoms with Crippen LogP contribution in [0, 0.1) is 6.92 Å². The molecule has 0 saturated carbocycles. The zero-order valence-corrected chi connectivity index (χ0v) is 16.9. The van der Waals surface area contributed by atoms with Crippen LogP contribution in [0.15, 0.2) is 42.5 Å². The van der Waals surface area contributed by atoms with Crippen molar-refractivity contribution in [1.29, 1.82) is 0 Å². The van der Waals surface area contributed by atoms with Gasteiger partial charge in [0, 0.05) is 5.69 Å². The number of rotatable bonds is 8. The fraction of sp³-hybridized carbons (Fsp3) is 0.300. The molecule has 2 rings (SSSR count). The number of para-hydroxylation sites is 1. The number of nitrogens with one attached hydrogen (secondary N) is 2.